The van der Waals surface area contributed by atoms with Gasteiger partial charge in [0.25, 0.3) is 7.82 Å². The number of nitrogens with one attached hydrogen (secondary N) is 1. The molecule has 0 saturated carbocycles. The number of hydrogen-bond acceptors (Lipinski definition) is 6. The highest BCUT2D eigenvalue weighted by Gasteiger charge is 2.24. The summed E-state index contributed by atoms with van der Waals surface area (Å²) in [4.78, 5) is 25.5. The van der Waals surface area contributed by atoms with Gasteiger partial charge in [-0.2, -0.15) is 0 Å². The highest BCUT2D eigenvalue weighted by molar-refractivity contribution is 7.45. The molecule has 0 spiro atoms. The van der Waals surface area contributed by atoms with Crippen molar-refractivity contribution in [2.75, 3.05) is 40.9 Å². The zero-order valence-electron chi connectivity index (χ0n) is 46.0. The molecule has 69 heavy (non-hydrogen) atoms. The van der Waals surface area contributed by atoms with Crippen molar-refractivity contribution in [1.82, 2.24) is 5.32 Å². The molecule has 0 saturated heterocycles. The molecule has 0 bridgehead atoms. The summed E-state index contributed by atoms with van der Waals surface area (Å²) in [5.74, 6) is -0.195. The molecule has 0 aromatic rings. The van der Waals surface area contributed by atoms with Gasteiger partial charge in [-0.1, -0.05) is 261 Å². The molecule has 0 fully saturated rings. The maximum absolute atomic E-state index is 13.0. The number of carbonyl (C=O) groups excluding carboxylic acids is 1. The molecule has 8 nitrogen and oxygen atoms in total. The van der Waals surface area contributed by atoms with Crippen LogP contribution >= 0.6 is 7.82 Å². The maximum atomic E-state index is 13.0. The minimum atomic E-state index is -4.59. The molecule has 3 unspecified atom stereocenters. The van der Waals surface area contributed by atoms with E-state index in [1.807, 2.05) is 21.1 Å². The Labute approximate surface area is 428 Å². The summed E-state index contributed by atoms with van der Waals surface area (Å²) < 4.78 is 23.4. The Balaban J connectivity index is 4.17. The lowest BCUT2D eigenvalue weighted by Gasteiger charge is -2.30. The number of hydrogen-bond donors (Lipinski definition) is 2. The Morgan fingerprint density at radius 1 is 0.522 bits per heavy atom. The van der Waals surface area contributed by atoms with Gasteiger partial charge in [0.2, 0.25) is 5.91 Å². The first-order chi connectivity index (χ1) is 33.5. The number of nitrogens with zero attached hydrogens (tertiary/aromatic N) is 1. The number of quaternary nitrogens is 1. The van der Waals surface area contributed by atoms with Gasteiger partial charge in [0.1, 0.15) is 13.2 Å². The average Bonchev–Trinajstić information content (AvgIpc) is 3.31. The third-order valence-corrected chi connectivity index (χ3v) is 14.0. The van der Waals surface area contributed by atoms with Gasteiger partial charge in [-0.05, 0) is 57.8 Å². The Kier molecular flexibility index (Phi) is 49.8. The summed E-state index contributed by atoms with van der Waals surface area (Å²) in [5, 5.41) is 14.0. The zero-order chi connectivity index (χ0) is 50.6. The first kappa shape index (κ1) is 67.2. The van der Waals surface area contributed by atoms with E-state index < -0.39 is 20.0 Å². The maximum Gasteiger partial charge on any atom is 0.268 e. The molecule has 0 aromatic heterocycles. The van der Waals surface area contributed by atoms with Crippen molar-refractivity contribution in [3.63, 3.8) is 0 Å². The fraction of sp³-hybridized carbons (Fsp3) is 0.817. The molecule has 0 radical (unpaired) electrons. The fourth-order valence-electron chi connectivity index (χ4n) is 8.48. The monoisotopic (exact) mass is 989 g/mol. The molecule has 404 valence electrons. The predicted octanol–water partition coefficient (Wildman–Crippen LogP) is 17.1. The normalized spacial score (nSPS) is 14.4. The van der Waals surface area contributed by atoms with Gasteiger partial charge in [-0.15, -0.1) is 0 Å². The fourth-order valence-corrected chi connectivity index (χ4v) is 9.20. The highest BCUT2D eigenvalue weighted by atomic mass is 31.2. The van der Waals surface area contributed by atoms with E-state index in [2.05, 4.69) is 79.9 Å². The second kappa shape index (κ2) is 51.1. The van der Waals surface area contributed by atoms with Crippen LogP contribution in [0.1, 0.15) is 264 Å². The molecule has 0 aliphatic rings. The largest absolute Gasteiger partial charge is 0.756 e. The first-order valence-corrected chi connectivity index (χ1v) is 30.6. The SMILES string of the molecule is CC/C=C\C/C=C\C/C=C\C/C=C\C/C=C\CCCCCC(=O)NC(COP(=O)([O-])OCC[N+](C)(C)C)C(O)CCCCCCCCCCCCCCCCCCCCCCCCCCCCCC. The summed E-state index contributed by atoms with van der Waals surface area (Å²) in [6.45, 7) is 4.60. The number of phosphoric ester groups is 1. The average molecular weight is 990 g/mol. The van der Waals surface area contributed by atoms with E-state index >= 15 is 0 Å². The van der Waals surface area contributed by atoms with Crippen LogP contribution in [0, 0.1) is 0 Å². The molecule has 0 aromatic carbocycles. The van der Waals surface area contributed by atoms with Gasteiger partial charge in [0, 0.05) is 6.42 Å². The minimum Gasteiger partial charge on any atom is -0.756 e. The van der Waals surface area contributed by atoms with Crippen molar-refractivity contribution in [3.8, 4) is 0 Å². The smallest absolute Gasteiger partial charge is 0.268 e. The summed E-state index contributed by atoms with van der Waals surface area (Å²) in [7, 11) is 1.28. The Bertz CT molecular complexity index is 1310. The van der Waals surface area contributed by atoms with Crippen LogP contribution in [0.4, 0.5) is 0 Å². The first-order valence-electron chi connectivity index (χ1n) is 29.1. The van der Waals surface area contributed by atoms with E-state index in [4.69, 9.17) is 9.05 Å². The van der Waals surface area contributed by atoms with Crippen molar-refractivity contribution in [1.29, 1.82) is 0 Å². The molecule has 3 atom stereocenters. The Hall–Kier alpha value is -1.80. The number of amides is 1. The van der Waals surface area contributed by atoms with E-state index in [1.165, 1.54) is 161 Å². The van der Waals surface area contributed by atoms with Gasteiger partial charge in [-0.25, -0.2) is 0 Å². The van der Waals surface area contributed by atoms with Gasteiger partial charge >= 0.3 is 0 Å². The number of allylic oxidation sites excluding steroid dienone is 10. The quantitative estimate of drug-likeness (QED) is 0.0272. The van der Waals surface area contributed by atoms with Crippen molar-refractivity contribution < 1.29 is 32.9 Å². The number of unbranched alkanes of at least 4 members (excludes halogenated alkanes) is 30. The zero-order valence-corrected chi connectivity index (χ0v) is 46.9. The second-order valence-electron chi connectivity index (χ2n) is 21.0. The summed E-state index contributed by atoms with van der Waals surface area (Å²) in [5.41, 5.74) is 0. The van der Waals surface area contributed by atoms with Gasteiger partial charge < -0.3 is 28.8 Å². The number of aliphatic hydroxyl groups is 1. The lowest BCUT2D eigenvalue weighted by molar-refractivity contribution is -0.870. The number of aliphatic hydroxyl groups excluding tert-OH is 1. The molecular weight excluding hydrogens is 876 g/mol. The third-order valence-electron chi connectivity index (χ3n) is 13.0. The van der Waals surface area contributed by atoms with Crippen molar-refractivity contribution in [2.45, 2.75) is 276 Å². The van der Waals surface area contributed by atoms with Gasteiger partial charge in [-0.3, -0.25) is 9.36 Å². The van der Waals surface area contributed by atoms with Crippen LogP contribution < -0.4 is 10.2 Å². The third kappa shape index (κ3) is 53.8. The summed E-state index contributed by atoms with van der Waals surface area (Å²) in [6.07, 6.45) is 68.4. The Morgan fingerprint density at radius 3 is 1.28 bits per heavy atom. The van der Waals surface area contributed by atoms with Gasteiger partial charge in [0.05, 0.1) is 39.9 Å². The molecule has 1 amide bonds. The van der Waals surface area contributed by atoms with E-state index in [0.29, 0.717) is 23.9 Å². The summed E-state index contributed by atoms with van der Waals surface area (Å²) in [6, 6.07) is -0.822. The van der Waals surface area contributed by atoms with E-state index in [-0.39, 0.29) is 19.1 Å². The van der Waals surface area contributed by atoms with Crippen LogP contribution in [-0.2, 0) is 18.4 Å². The predicted molar refractivity (Wildman–Crippen MR) is 297 cm³/mol. The molecule has 2 N–H and O–H groups in total. The van der Waals surface area contributed by atoms with Crippen LogP contribution in [0.3, 0.4) is 0 Å². The highest BCUT2D eigenvalue weighted by Crippen LogP contribution is 2.38. The molecule has 0 heterocycles. The minimum absolute atomic E-state index is 0.00309. The molecule has 9 heteroatoms. The summed E-state index contributed by atoms with van der Waals surface area (Å²) >= 11 is 0. The number of phosphoric acid groups is 1. The number of rotatable bonds is 53. The van der Waals surface area contributed by atoms with Crippen LogP contribution in [0.5, 0.6) is 0 Å². The number of carbonyl (C=O) groups is 1. The van der Waals surface area contributed by atoms with Crippen LogP contribution in [0.25, 0.3) is 0 Å². The van der Waals surface area contributed by atoms with E-state index in [0.717, 1.165) is 77.0 Å². The molecular formula is C60H113N2O6P. The van der Waals surface area contributed by atoms with Crippen molar-refractivity contribution in [2.24, 2.45) is 0 Å². The van der Waals surface area contributed by atoms with E-state index in [9.17, 15) is 19.4 Å². The van der Waals surface area contributed by atoms with Crippen molar-refractivity contribution >= 4 is 13.7 Å². The van der Waals surface area contributed by atoms with Crippen LogP contribution in [0.15, 0.2) is 60.8 Å². The Morgan fingerprint density at radius 2 is 0.884 bits per heavy atom. The molecule has 0 aliphatic carbocycles. The molecule has 0 rings (SSSR count). The van der Waals surface area contributed by atoms with Crippen molar-refractivity contribution in [3.05, 3.63) is 60.8 Å². The van der Waals surface area contributed by atoms with Gasteiger partial charge in [0.15, 0.2) is 0 Å². The van der Waals surface area contributed by atoms with Crippen LogP contribution in [0.2, 0.25) is 0 Å². The lowest BCUT2D eigenvalue weighted by atomic mass is 10.0. The van der Waals surface area contributed by atoms with E-state index in [1.54, 1.807) is 0 Å². The molecule has 0 aliphatic heterocycles. The standard InChI is InChI=1S/C60H113N2O6P/c1-6-8-10-12-14-16-18-20-22-24-26-27-28-29-30-31-32-33-34-36-37-39-41-43-45-47-49-51-53-59(63)58(57-68-69(65,66)67-56-55-62(3,4)5)61-60(64)54-52-50-48-46-44-42-40-38-35-25-23-21-19-17-15-13-11-9-7-2/h9,11,15,17,21,23,35,38,42,44,58-59,63H,6-8,10,12-14,16,18-20,22,24-34,36-37,39-41,43,45-57H2,1-5H3,(H-,61,64,65,66)/b11-9-,17-15-,23-21-,38-35-,44-42-. The number of likely N-dealkylation sites (N-methyl/N-ethyl adjacent to an activating group) is 1. The second-order valence-corrected chi connectivity index (χ2v) is 22.4. The van der Waals surface area contributed by atoms with Crippen LogP contribution in [-0.4, -0.2) is 68.5 Å². The lowest BCUT2D eigenvalue weighted by Crippen LogP contribution is -2.46. The topological polar surface area (TPSA) is 108 Å².